The van der Waals surface area contributed by atoms with Crippen molar-refractivity contribution in [2.75, 3.05) is 6.54 Å². The minimum atomic E-state index is 0.193. The lowest BCUT2D eigenvalue weighted by Crippen LogP contribution is -2.24. The lowest BCUT2D eigenvalue weighted by molar-refractivity contribution is 0.531. The van der Waals surface area contributed by atoms with E-state index in [0.717, 1.165) is 24.4 Å². The lowest BCUT2D eigenvalue weighted by atomic mass is 10.1. The summed E-state index contributed by atoms with van der Waals surface area (Å²) in [5.74, 6) is 0. The van der Waals surface area contributed by atoms with Crippen LogP contribution in [0.3, 0.4) is 0 Å². The van der Waals surface area contributed by atoms with Gasteiger partial charge in [0.15, 0.2) is 0 Å². The van der Waals surface area contributed by atoms with Gasteiger partial charge in [0.05, 0.1) is 17.4 Å². The lowest BCUT2D eigenvalue weighted by Gasteiger charge is -2.15. The Morgan fingerprint density at radius 3 is 2.88 bits per heavy atom. The Kier molecular flexibility index (Phi) is 3.82. The van der Waals surface area contributed by atoms with Gasteiger partial charge in [-0.05, 0) is 18.7 Å². The number of hydrogen-bond acceptors (Lipinski definition) is 4. The van der Waals surface area contributed by atoms with Crippen LogP contribution in [0.4, 0.5) is 0 Å². The molecular weight excluding hydrogens is 214 g/mol. The molecule has 0 aliphatic carbocycles. The molecule has 0 saturated heterocycles. The van der Waals surface area contributed by atoms with Crippen molar-refractivity contribution in [3.05, 3.63) is 42.0 Å². The van der Waals surface area contributed by atoms with Gasteiger partial charge in [-0.1, -0.05) is 18.2 Å². The van der Waals surface area contributed by atoms with Gasteiger partial charge in [0.2, 0.25) is 0 Å². The van der Waals surface area contributed by atoms with E-state index in [2.05, 4.69) is 27.5 Å². The third-order valence-electron chi connectivity index (χ3n) is 2.56. The molecule has 2 aromatic rings. The summed E-state index contributed by atoms with van der Waals surface area (Å²) < 4.78 is 1.72. The third-order valence-corrected chi connectivity index (χ3v) is 2.56. The molecule has 0 aromatic carbocycles. The van der Waals surface area contributed by atoms with Gasteiger partial charge < -0.3 is 5.32 Å². The number of likely N-dealkylation sites (N-methyl/N-ethyl adjacent to an activating group) is 1. The van der Waals surface area contributed by atoms with Crippen molar-refractivity contribution in [3.8, 4) is 0 Å². The number of aryl methyl sites for hydroxylation is 1. The Morgan fingerprint density at radius 2 is 2.29 bits per heavy atom. The number of hydrogen-bond donors (Lipinski definition) is 1. The van der Waals surface area contributed by atoms with E-state index in [1.165, 1.54) is 0 Å². The van der Waals surface area contributed by atoms with Crippen LogP contribution in [-0.2, 0) is 13.5 Å². The summed E-state index contributed by atoms with van der Waals surface area (Å²) in [5.41, 5.74) is 2.02. The molecule has 0 aliphatic rings. The molecule has 0 amide bonds. The van der Waals surface area contributed by atoms with Crippen molar-refractivity contribution in [2.24, 2.45) is 7.05 Å². The second-order valence-electron chi connectivity index (χ2n) is 3.95. The molecular formula is C12H17N5. The quantitative estimate of drug-likeness (QED) is 0.837. The van der Waals surface area contributed by atoms with Crippen LogP contribution in [0.2, 0.25) is 0 Å². The molecule has 1 N–H and O–H groups in total. The second kappa shape index (κ2) is 5.54. The van der Waals surface area contributed by atoms with Crippen LogP contribution < -0.4 is 5.32 Å². The smallest absolute Gasteiger partial charge is 0.0846 e. The molecule has 0 aliphatic heterocycles. The van der Waals surface area contributed by atoms with Gasteiger partial charge in [-0.3, -0.25) is 9.67 Å². The first-order valence-electron chi connectivity index (χ1n) is 5.79. The van der Waals surface area contributed by atoms with Crippen molar-refractivity contribution in [1.82, 2.24) is 25.3 Å². The number of nitrogens with one attached hydrogen (secondary N) is 1. The summed E-state index contributed by atoms with van der Waals surface area (Å²) in [4.78, 5) is 4.38. The normalized spacial score (nSPS) is 12.6. The average Bonchev–Trinajstić information content (AvgIpc) is 2.75. The highest BCUT2D eigenvalue weighted by atomic mass is 15.4. The molecule has 0 saturated carbocycles. The number of pyridine rings is 1. The van der Waals surface area contributed by atoms with Crippen LogP contribution in [0.15, 0.2) is 30.6 Å². The van der Waals surface area contributed by atoms with Crippen LogP contribution in [0.1, 0.15) is 24.4 Å². The third kappa shape index (κ3) is 3.10. The number of rotatable bonds is 5. The first kappa shape index (κ1) is 11.7. The number of aromatic nitrogens is 4. The zero-order valence-corrected chi connectivity index (χ0v) is 10.2. The molecule has 2 aromatic heterocycles. The second-order valence-corrected chi connectivity index (χ2v) is 3.95. The SMILES string of the molecule is CCNC(Cc1cn(C)nn1)c1ccccn1. The minimum Gasteiger partial charge on any atom is -0.309 e. The van der Waals surface area contributed by atoms with Crippen LogP contribution in [-0.4, -0.2) is 26.5 Å². The summed E-state index contributed by atoms with van der Waals surface area (Å²) in [7, 11) is 1.87. The number of nitrogens with zero attached hydrogens (tertiary/aromatic N) is 4. The van der Waals surface area contributed by atoms with E-state index >= 15 is 0 Å². The summed E-state index contributed by atoms with van der Waals surface area (Å²) in [6, 6.07) is 6.15. The van der Waals surface area contributed by atoms with E-state index in [-0.39, 0.29) is 6.04 Å². The van der Waals surface area contributed by atoms with Gasteiger partial charge in [-0.25, -0.2) is 0 Å². The fourth-order valence-electron chi connectivity index (χ4n) is 1.81. The Balaban J connectivity index is 2.13. The molecule has 2 heterocycles. The largest absolute Gasteiger partial charge is 0.309 e. The molecule has 0 spiro atoms. The van der Waals surface area contributed by atoms with Gasteiger partial charge in [0.1, 0.15) is 0 Å². The van der Waals surface area contributed by atoms with Gasteiger partial charge in [0.25, 0.3) is 0 Å². The predicted octanol–water partition coefficient (Wildman–Crippen LogP) is 1.10. The van der Waals surface area contributed by atoms with Crippen molar-refractivity contribution >= 4 is 0 Å². The highest BCUT2D eigenvalue weighted by Crippen LogP contribution is 2.14. The molecule has 0 radical (unpaired) electrons. The Hall–Kier alpha value is -1.75. The highest BCUT2D eigenvalue weighted by molar-refractivity contribution is 5.11. The van der Waals surface area contributed by atoms with Gasteiger partial charge in [-0.2, -0.15) is 0 Å². The first-order valence-corrected chi connectivity index (χ1v) is 5.79. The van der Waals surface area contributed by atoms with E-state index in [1.807, 2.05) is 37.6 Å². The standard InChI is InChI=1S/C12H17N5/c1-3-13-12(11-6-4-5-7-14-11)8-10-9-17(2)16-15-10/h4-7,9,12-13H,3,8H2,1-2H3. The fraction of sp³-hybridized carbons (Fsp3) is 0.417. The monoisotopic (exact) mass is 231 g/mol. The molecule has 17 heavy (non-hydrogen) atoms. The Bertz CT molecular complexity index is 451. The van der Waals surface area contributed by atoms with E-state index < -0.39 is 0 Å². The predicted molar refractivity (Wildman–Crippen MR) is 65.4 cm³/mol. The summed E-state index contributed by atoms with van der Waals surface area (Å²) in [6.07, 6.45) is 4.56. The average molecular weight is 231 g/mol. The van der Waals surface area contributed by atoms with Crippen LogP contribution in [0, 0.1) is 0 Å². The van der Waals surface area contributed by atoms with Crippen molar-refractivity contribution < 1.29 is 0 Å². The van der Waals surface area contributed by atoms with Crippen molar-refractivity contribution in [1.29, 1.82) is 0 Å². The molecule has 2 rings (SSSR count). The fourth-order valence-corrected chi connectivity index (χ4v) is 1.81. The van der Waals surface area contributed by atoms with Gasteiger partial charge in [0, 0.05) is 25.9 Å². The molecule has 1 unspecified atom stereocenters. The van der Waals surface area contributed by atoms with Gasteiger partial charge >= 0.3 is 0 Å². The van der Waals surface area contributed by atoms with E-state index in [1.54, 1.807) is 4.68 Å². The zero-order valence-electron chi connectivity index (χ0n) is 10.2. The Labute approximate surface area is 101 Å². The Morgan fingerprint density at radius 1 is 1.41 bits per heavy atom. The van der Waals surface area contributed by atoms with Gasteiger partial charge in [-0.15, -0.1) is 5.10 Å². The minimum absolute atomic E-state index is 0.193. The zero-order chi connectivity index (χ0) is 12.1. The summed E-state index contributed by atoms with van der Waals surface area (Å²) in [6.45, 7) is 2.99. The summed E-state index contributed by atoms with van der Waals surface area (Å²) >= 11 is 0. The van der Waals surface area contributed by atoms with E-state index in [4.69, 9.17) is 0 Å². The molecule has 90 valence electrons. The van der Waals surface area contributed by atoms with Crippen molar-refractivity contribution in [3.63, 3.8) is 0 Å². The molecule has 0 fully saturated rings. The first-order chi connectivity index (χ1) is 8.29. The highest BCUT2D eigenvalue weighted by Gasteiger charge is 2.13. The maximum atomic E-state index is 4.38. The summed E-state index contributed by atoms with van der Waals surface area (Å²) in [5, 5.41) is 11.5. The molecule has 5 heteroatoms. The van der Waals surface area contributed by atoms with Crippen LogP contribution in [0.25, 0.3) is 0 Å². The van der Waals surface area contributed by atoms with E-state index in [0.29, 0.717) is 0 Å². The maximum Gasteiger partial charge on any atom is 0.0846 e. The van der Waals surface area contributed by atoms with E-state index in [9.17, 15) is 0 Å². The molecule has 5 nitrogen and oxygen atoms in total. The molecule has 0 bridgehead atoms. The van der Waals surface area contributed by atoms with Crippen LogP contribution in [0.5, 0.6) is 0 Å². The molecule has 1 atom stereocenters. The topological polar surface area (TPSA) is 55.6 Å². The van der Waals surface area contributed by atoms with Crippen LogP contribution >= 0.6 is 0 Å². The van der Waals surface area contributed by atoms with Crippen molar-refractivity contribution in [2.45, 2.75) is 19.4 Å². The maximum absolute atomic E-state index is 4.38.